The fraction of sp³-hybridized carbons (Fsp3) is 0.0741. The van der Waals surface area contributed by atoms with Crippen LogP contribution in [0.2, 0.25) is 0 Å². The SMILES string of the molecule is COc1ccc2c(Oc3ccc(/C=C/CC(=O)O)cc3)c(-c3ccc(F)cc3)ccc2c1. The molecule has 0 aliphatic carbocycles. The first-order chi connectivity index (χ1) is 15.5. The Morgan fingerprint density at radius 2 is 1.66 bits per heavy atom. The van der Waals surface area contributed by atoms with E-state index in [9.17, 15) is 9.18 Å². The number of methoxy groups -OCH3 is 1. The van der Waals surface area contributed by atoms with Crippen molar-refractivity contribution in [2.24, 2.45) is 0 Å². The molecule has 0 unspecified atom stereocenters. The minimum absolute atomic E-state index is 0.0290. The van der Waals surface area contributed by atoms with Gasteiger partial charge in [0.15, 0.2) is 0 Å². The molecule has 160 valence electrons. The van der Waals surface area contributed by atoms with Crippen LogP contribution in [-0.4, -0.2) is 18.2 Å². The summed E-state index contributed by atoms with van der Waals surface area (Å²) in [6.07, 6.45) is 3.33. The molecule has 0 aliphatic rings. The summed E-state index contributed by atoms with van der Waals surface area (Å²) in [5.41, 5.74) is 2.56. The van der Waals surface area contributed by atoms with Crippen LogP contribution in [0.4, 0.5) is 4.39 Å². The molecule has 0 fully saturated rings. The molecule has 4 rings (SSSR count). The van der Waals surface area contributed by atoms with Gasteiger partial charge in [0.25, 0.3) is 0 Å². The normalized spacial score (nSPS) is 11.1. The molecule has 4 nitrogen and oxygen atoms in total. The van der Waals surface area contributed by atoms with E-state index in [1.165, 1.54) is 12.1 Å². The van der Waals surface area contributed by atoms with Crippen LogP contribution in [0, 0.1) is 5.82 Å². The number of ether oxygens (including phenoxy) is 2. The average molecular weight is 428 g/mol. The summed E-state index contributed by atoms with van der Waals surface area (Å²) in [7, 11) is 1.62. The second-order valence-corrected chi connectivity index (χ2v) is 7.21. The molecule has 0 saturated heterocycles. The van der Waals surface area contributed by atoms with E-state index >= 15 is 0 Å². The van der Waals surface area contributed by atoms with Gasteiger partial charge >= 0.3 is 5.97 Å². The van der Waals surface area contributed by atoms with Crippen molar-refractivity contribution in [2.75, 3.05) is 7.11 Å². The Balaban J connectivity index is 1.73. The molecular formula is C27H21FO4. The van der Waals surface area contributed by atoms with Gasteiger partial charge in [-0.1, -0.05) is 42.5 Å². The third-order valence-electron chi connectivity index (χ3n) is 5.04. The monoisotopic (exact) mass is 428 g/mol. The maximum atomic E-state index is 13.5. The topological polar surface area (TPSA) is 55.8 Å². The standard InChI is InChI=1S/C27H21FO4/c1-31-23-14-16-25-20(17-23)9-15-24(19-7-10-21(28)11-8-19)27(25)32-22-12-5-18(6-13-22)3-2-4-26(29)30/h2-3,5-17H,4H2,1H3,(H,29,30)/b3-2+. The van der Waals surface area contributed by atoms with Crippen molar-refractivity contribution in [1.82, 2.24) is 0 Å². The Hall–Kier alpha value is -4.12. The summed E-state index contributed by atoms with van der Waals surface area (Å²) in [6, 6.07) is 23.4. The zero-order valence-electron chi connectivity index (χ0n) is 17.4. The Morgan fingerprint density at radius 3 is 2.34 bits per heavy atom. The van der Waals surface area contributed by atoms with Crippen molar-refractivity contribution in [1.29, 1.82) is 0 Å². The molecule has 5 heteroatoms. The lowest BCUT2D eigenvalue weighted by Crippen LogP contribution is -1.92. The predicted octanol–water partition coefficient (Wildman–Crippen LogP) is 6.93. The second-order valence-electron chi connectivity index (χ2n) is 7.21. The van der Waals surface area contributed by atoms with E-state index in [0.29, 0.717) is 11.5 Å². The fourth-order valence-corrected chi connectivity index (χ4v) is 3.43. The number of carboxylic acid groups (broad SMARTS) is 1. The van der Waals surface area contributed by atoms with Gasteiger partial charge in [0.05, 0.1) is 13.5 Å². The van der Waals surface area contributed by atoms with Crippen molar-refractivity contribution in [2.45, 2.75) is 6.42 Å². The van der Waals surface area contributed by atoms with Crippen LogP contribution in [0.5, 0.6) is 17.2 Å². The highest BCUT2D eigenvalue weighted by molar-refractivity contribution is 5.96. The predicted molar refractivity (Wildman–Crippen MR) is 124 cm³/mol. The minimum Gasteiger partial charge on any atom is -0.497 e. The molecule has 0 spiro atoms. The maximum absolute atomic E-state index is 13.5. The summed E-state index contributed by atoms with van der Waals surface area (Å²) in [5.74, 6) is 0.865. The summed E-state index contributed by atoms with van der Waals surface area (Å²) in [4.78, 5) is 10.7. The summed E-state index contributed by atoms with van der Waals surface area (Å²) < 4.78 is 25.1. The van der Waals surface area contributed by atoms with Gasteiger partial charge in [0.1, 0.15) is 23.1 Å². The molecule has 32 heavy (non-hydrogen) atoms. The van der Waals surface area contributed by atoms with Gasteiger partial charge in [-0.15, -0.1) is 0 Å². The highest BCUT2D eigenvalue weighted by Crippen LogP contribution is 2.40. The number of carboxylic acids is 1. The molecule has 0 bridgehead atoms. The number of hydrogen-bond donors (Lipinski definition) is 1. The first kappa shape index (κ1) is 21.1. The second kappa shape index (κ2) is 9.35. The molecule has 0 aromatic heterocycles. The number of fused-ring (bicyclic) bond motifs is 1. The molecule has 1 N–H and O–H groups in total. The highest BCUT2D eigenvalue weighted by Gasteiger charge is 2.13. The largest absolute Gasteiger partial charge is 0.497 e. The van der Waals surface area contributed by atoms with Gasteiger partial charge < -0.3 is 14.6 Å². The van der Waals surface area contributed by atoms with E-state index in [1.54, 1.807) is 31.4 Å². The van der Waals surface area contributed by atoms with E-state index in [4.69, 9.17) is 14.6 Å². The Kier molecular flexibility index (Phi) is 6.17. The molecule has 0 aliphatic heterocycles. The average Bonchev–Trinajstić information content (AvgIpc) is 2.80. The summed E-state index contributed by atoms with van der Waals surface area (Å²) in [5, 5.41) is 10.6. The molecular weight excluding hydrogens is 407 g/mol. The van der Waals surface area contributed by atoms with Crippen LogP contribution >= 0.6 is 0 Å². The van der Waals surface area contributed by atoms with Crippen LogP contribution in [0.15, 0.2) is 84.9 Å². The van der Waals surface area contributed by atoms with E-state index in [-0.39, 0.29) is 12.2 Å². The van der Waals surface area contributed by atoms with E-state index in [0.717, 1.165) is 33.2 Å². The lowest BCUT2D eigenvalue weighted by atomic mass is 9.99. The lowest BCUT2D eigenvalue weighted by molar-refractivity contribution is -0.135. The summed E-state index contributed by atoms with van der Waals surface area (Å²) in [6.45, 7) is 0. The van der Waals surface area contributed by atoms with Crippen LogP contribution in [0.3, 0.4) is 0 Å². The van der Waals surface area contributed by atoms with Gasteiger partial charge in [-0.05, 0) is 65.0 Å². The van der Waals surface area contributed by atoms with Gasteiger partial charge in [-0.2, -0.15) is 0 Å². The summed E-state index contributed by atoms with van der Waals surface area (Å²) >= 11 is 0. The first-order valence-electron chi connectivity index (χ1n) is 10.1. The number of carbonyl (C=O) groups is 1. The number of halogens is 1. The van der Waals surface area contributed by atoms with Crippen LogP contribution in [-0.2, 0) is 4.79 Å². The minimum atomic E-state index is -0.873. The number of hydrogen-bond acceptors (Lipinski definition) is 3. The zero-order chi connectivity index (χ0) is 22.5. The van der Waals surface area contributed by atoms with Crippen LogP contribution in [0.25, 0.3) is 28.0 Å². The van der Waals surface area contributed by atoms with Crippen molar-refractivity contribution < 1.29 is 23.8 Å². The number of rotatable bonds is 7. The fourth-order valence-electron chi connectivity index (χ4n) is 3.43. The lowest BCUT2D eigenvalue weighted by Gasteiger charge is -2.15. The van der Waals surface area contributed by atoms with Crippen molar-refractivity contribution in [3.63, 3.8) is 0 Å². The highest BCUT2D eigenvalue weighted by atomic mass is 19.1. The zero-order valence-corrected chi connectivity index (χ0v) is 17.4. The quantitative estimate of drug-likeness (QED) is 0.347. The van der Waals surface area contributed by atoms with Crippen molar-refractivity contribution in [3.05, 3.63) is 96.3 Å². The van der Waals surface area contributed by atoms with Crippen molar-refractivity contribution in [3.8, 4) is 28.4 Å². The maximum Gasteiger partial charge on any atom is 0.307 e. The van der Waals surface area contributed by atoms with Crippen LogP contribution in [0.1, 0.15) is 12.0 Å². The number of benzene rings is 4. The Labute approximate surface area is 185 Å². The Bertz CT molecular complexity index is 1280. The van der Waals surface area contributed by atoms with Gasteiger partial charge in [-0.3, -0.25) is 4.79 Å². The third kappa shape index (κ3) is 4.78. The molecule has 4 aromatic rings. The van der Waals surface area contributed by atoms with Gasteiger partial charge in [0.2, 0.25) is 0 Å². The third-order valence-corrected chi connectivity index (χ3v) is 5.04. The van der Waals surface area contributed by atoms with E-state index < -0.39 is 5.97 Å². The molecule has 0 radical (unpaired) electrons. The molecule has 0 amide bonds. The first-order valence-corrected chi connectivity index (χ1v) is 10.1. The van der Waals surface area contributed by atoms with Crippen LogP contribution < -0.4 is 9.47 Å². The van der Waals surface area contributed by atoms with Gasteiger partial charge in [-0.25, -0.2) is 4.39 Å². The smallest absolute Gasteiger partial charge is 0.307 e. The molecule has 0 atom stereocenters. The molecule has 0 saturated carbocycles. The van der Waals surface area contributed by atoms with E-state index in [1.807, 2.05) is 54.6 Å². The van der Waals surface area contributed by atoms with Gasteiger partial charge in [0, 0.05) is 10.9 Å². The van der Waals surface area contributed by atoms with Crippen molar-refractivity contribution >= 4 is 22.8 Å². The Morgan fingerprint density at radius 1 is 0.938 bits per heavy atom. The molecule has 0 heterocycles. The molecule has 4 aromatic carbocycles. The van der Waals surface area contributed by atoms with E-state index in [2.05, 4.69) is 0 Å². The number of aliphatic carboxylic acids is 1.